The standard InChI is InChI=1S/C17H17N5S/c1-22-16(15-11-18-8-9-19-15)20-21-17(22)23-14-7-6-12-4-2-3-5-13(12)10-14/h2-5,8-9,11,14H,6-7,10H2,1H3/t14-/m1/s1. The van der Waals surface area contributed by atoms with Crippen molar-refractivity contribution >= 4 is 11.8 Å². The molecule has 1 aromatic carbocycles. The van der Waals surface area contributed by atoms with Crippen molar-refractivity contribution in [1.82, 2.24) is 24.7 Å². The van der Waals surface area contributed by atoms with Crippen molar-refractivity contribution in [1.29, 1.82) is 0 Å². The lowest BCUT2D eigenvalue weighted by molar-refractivity contribution is 0.693. The predicted octanol–water partition coefficient (Wildman–Crippen LogP) is 2.92. The molecule has 0 bridgehead atoms. The van der Waals surface area contributed by atoms with E-state index < -0.39 is 0 Å². The molecule has 5 nitrogen and oxygen atoms in total. The van der Waals surface area contributed by atoms with Gasteiger partial charge in [-0.3, -0.25) is 4.98 Å². The summed E-state index contributed by atoms with van der Waals surface area (Å²) < 4.78 is 2.01. The second-order valence-electron chi connectivity index (χ2n) is 5.71. The molecule has 6 heteroatoms. The zero-order valence-corrected chi connectivity index (χ0v) is 13.7. The smallest absolute Gasteiger partial charge is 0.191 e. The monoisotopic (exact) mass is 323 g/mol. The highest BCUT2D eigenvalue weighted by Crippen LogP contribution is 2.33. The molecule has 116 valence electrons. The summed E-state index contributed by atoms with van der Waals surface area (Å²) in [6.45, 7) is 0. The van der Waals surface area contributed by atoms with Gasteiger partial charge in [-0.1, -0.05) is 36.0 Å². The second-order valence-corrected chi connectivity index (χ2v) is 6.97. The molecule has 0 fully saturated rings. The van der Waals surface area contributed by atoms with E-state index in [0.717, 1.165) is 29.5 Å². The van der Waals surface area contributed by atoms with Crippen LogP contribution in [0.2, 0.25) is 0 Å². The number of rotatable bonds is 3. The van der Waals surface area contributed by atoms with Crippen LogP contribution in [-0.4, -0.2) is 30.0 Å². The van der Waals surface area contributed by atoms with Crippen LogP contribution >= 0.6 is 11.8 Å². The van der Waals surface area contributed by atoms with Crippen molar-refractivity contribution in [3.8, 4) is 11.5 Å². The maximum atomic E-state index is 4.35. The highest BCUT2D eigenvalue weighted by molar-refractivity contribution is 7.99. The molecule has 0 amide bonds. The van der Waals surface area contributed by atoms with Gasteiger partial charge in [0.15, 0.2) is 11.0 Å². The summed E-state index contributed by atoms with van der Waals surface area (Å²) in [5, 5.41) is 10.1. The van der Waals surface area contributed by atoms with E-state index >= 15 is 0 Å². The average Bonchev–Trinajstić information content (AvgIpc) is 2.96. The molecule has 2 aromatic heterocycles. The van der Waals surface area contributed by atoms with Gasteiger partial charge >= 0.3 is 0 Å². The first-order valence-corrected chi connectivity index (χ1v) is 8.58. The normalized spacial score (nSPS) is 17.0. The van der Waals surface area contributed by atoms with Crippen molar-refractivity contribution in [2.75, 3.05) is 0 Å². The van der Waals surface area contributed by atoms with E-state index in [0.29, 0.717) is 5.25 Å². The first-order chi connectivity index (χ1) is 11.3. The fraction of sp³-hybridized carbons (Fsp3) is 0.294. The highest BCUT2D eigenvalue weighted by Gasteiger charge is 2.22. The third-order valence-electron chi connectivity index (χ3n) is 4.20. The van der Waals surface area contributed by atoms with Crippen LogP contribution in [0.5, 0.6) is 0 Å². The Morgan fingerprint density at radius 3 is 2.83 bits per heavy atom. The van der Waals surface area contributed by atoms with E-state index in [2.05, 4.69) is 44.4 Å². The summed E-state index contributed by atoms with van der Waals surface area (Å²) in [6, 6.07) is 8.73. The van der Waals surface area contributed by atoms with E-state index in [1.54, 1.807) is 18.6 Å². The van der Waals surface area contributed by atoms with Gasteiger partial charge in [0.2, 0.25) is 0 Å². The molecule has 0 aliphatic heterocycles. The minimum Gasteiger partial charge on any atom is -0.304 e. The lowest BCUT2D eigenvalue weighted by Gasteiger charge is -2.23. The van der Waals surface area contributed by atoms with Crippen LogP contribution in [0.1, 0.15) is 17.5 Å². The van der Waals surface area contributed by atoms with Crippen LogP contribution in [0, 0.1) is 0 Å². The number of aryl methyl sites for hydroxylation is 1. The van der Waals surface area contributed by atoms with E-state index in [1.165, 1.54) is 17.5 Å². The van der Waals surface area contributed by atoms with Crippen molar-refractivity contribution in [2.24, 2.45) is 7.05 Å². The van der Waals surface area contributed by atoms with Gasteiger partial charge in [-0.05, 0) is 30.4 Å². The molecule has 1 aliphatic rings. The molecule has 3 aromatic rings. The zero-order chi connectivity index (χ0) is 15.6. The molecule has 0 unspecified atom stereocenters. The Labute approximate surface area is 139 Å². The number of aromatic nitrogens is 5. The first kappa shape index (κ1) is 14.4. The lowest BCUT2D eigenvalue weighted by atomic mass is 9.92. The summed E-state index contributed by atoms with van der Waals surface area (Å²) in [7, 11) is 1.99. The Morgan fingerprint density at radius 1 is 1.13 bits per heavy atom. The molecule has 0 N–H and O–H groups in total. The summed E-state index contributed by atoms with van der Waals surface area (Å²) in [6.07, 6.45) is 8.46. The van der Waals surface area contributed by atoms with Gasteiger partial charge in [0.05, 0.1) is 6.20 Å². The summed E-state index contributed by atoms with van der Waals surface area (Å²) in [5.41, 5.74) is 3.71. The van der Waals surface area contributed by atoms with Crippen LogP contribution in [0.3, 0.4) is 0 Å². The maximum absolute atomic E-state index is 4.35. The number of fused-ring (bicyclic) bond motifs is 1. The topological polar surface area (TPSA) is 56.5 Å². The summed E-state index contributed by atoms with van der Waals surface area (Å²) in [4.78, 5) is 8.41. The molecule has 1 atom stereocenters. The largest absolute Gasteiger partial charge is 0.304 e. The van der Waals surface area contributed by atoms with Gasteiger partial charge in [-0.15, -0.1) is 10.2 Å². The molecular formula is C17H17N5S. The van der Waals surface area contributed by atoms with E-state index in [4.69, 9.17) is 0 Å². The van der Waals surface area contributed by atoms with Crippen LogP contribution in [0.25, 0.3) is 11.5 Å². The average molecular weight is 323 g/mol. The molecule has 0 saturated heterocycles. The van der Waals surface area contributed by atoms with Crippen molar-refractivity contribution in [3.05, 3.63) is 54.0 Å². The Morgan fingerprint density at radius 2 is 2.00 bits per heavy atom. The molecular weight excluding hydrogens is 306 g/mol. The van der Waals surface area contributed by atoms with Gasteiger partial charge in [0, 0.05) is 24.7 Å². The number of thioether (sulfide) groups is 1. The van der Waals surface area contributed by atoms with Crippen LogP contribution in [0.15, 0.2) is 48.0 Å². The molecule has 0 spiro atoms. The predicted molar refractivity (Wildman–Crippen MR) is 90.1 cm³/mol. The number of benzene rings is 1. The van der Waals surface area contributed by atoms with Gasteiger partial charge in [-0.2, -0.15) is 0 Å². The number of hydrogen-bond donors (Lipinski definition) is 0. The van der Waals surface area contributed by atoms with E-state index in [9.17, 15) is 0 Å². The molecule has 0 radical (unpaired) electrons. The third kappa shape index (κ3) is 2.86. The van der Waals surface area contributed by atoms with E-state index in [-0.39, 0.29) is 0 Å². The first-order valence-electron chi connectivity index (χ1n) is 7.70. The molecule has 2 heterocycles. The van der Waals surface area contributed by atoms with Gasteiger partial charge in [-0.25, -0.2) is 4.98 Å². The SMILES string of the molecule is Cn1c(S[C@@H]2CCc3ccccc3C2)nnc1-c1cnccn1. The minimum atomic E-state index is 0.544. The highest BCUT2D eigenvalue weighted by atomic mass is 32.2. The molecule has 23 heavy (non-hydrogen) atoms. The lowest BCUT2D eigenvalue weighted by Crippen LogP contribution is -2.16. The minimum absolute atomic E-state index is 0.544. The van der Waals surface area contributed by atoms with E-state index in [1.807, 2.05) is 23.4 Å². The van der Waals surface area contributed by atoms with Gasteiger partial charge in [0.1, 0.15) is 5.69 Å². The Kier molecular flexibility index (Phi) is 3.83. The maximum Gasteiger partial charge on any atom is 0.191 e. The molecule has 0 saturated carbocycles. The van der Waals surface area contributed by atoms with Crippen LogP contribution in [-0.2, 0) is 19.9 Å². The third-order valence-corrected chi connectivity index (χ3v) is 5.50. The quantitative estimate of drug-likeness (QED) is 0.742. The van der Waals surface area contributed by atoms with Crippen molar-refractivity contribution < 1.29 is 0 Å². The Bertz CT molecular complexity index is 815. The van der Waals surface area contributed by atoms with Crippen LogP contribution in [0.4, 0.5) is 0 Å². The van der Waals surface area contributed by atoms with Crippen LogP contribution < -0.4 is 0 Å². The fourth-order valence-corrected chi connectivity index (χ4v) is 4.10. The van der Waals surface area contributed by atoms with Crippen molar-refractivity contribution in [3.63, 3.8) is 0 Å². The Hall–Kier alpha value is -2.21. The summed E-state index contributed by atoms with van der Waals surface area (Å²) in [5.74, 6) is 0.761. The number of hydrogen-bond acceptors (Lipinski definition) is 5. The fourth-order valence-electron chi connectivity index (χ4n) is 2.97. The second kappa shape index (κ2) is 6.12. The van der Waals surface area contributed by atoms with Gasteiger partial charge < -0.3 is 4.57 Å². The zero-order valence-electron chi connectivity index (χ0n) is 12.9. The molecule has 4 rings (SSSR count). The molecule has 1 aliphatic carbocycles. The summed E-state index contributed by atoms with van der Waals surface area (Å²) >= 11 is 1.81. The number of nitrogens with zero attached hydrogens (tertiary/aromatic N) is 5. The Balaban J connectivity index is 1.54. The van der Waals surface area contributed by atoms with Crippen molar-refractivity contribution in [2.45, 2.75) is 29.7 Å². The van der Waals surface area contributed by atoms with Gasteiger partial charge in [0.25, 0.3) is 0 Å².